The number of hydrogen-bond donors (Lipinski definition) is 1. The molecule has 0 bridgehead atoms. The van der Waals surface area contributed by atoms with Crippen molar-refractivity contribution in [2.75, 3.05) is 4.72 Å². The smallest absolute Gasteiger partial charge is 0.263 e. The molecule has 20 heavy (non-hydrogen) atoms. The lowest BCUT2D eigenvalue weighted by Gasteiger charge is -2.10. The molecule has 2 aromatic rings. The van der Waals surface area contributed by atoms with Gasteiger partial charge in [0.15, 0.2) is 0 Å². The first-order chi connectivity index (χ1) is 9.22. The van der Waals surface area contributed by atoms with Crippen LogP contribution in [-0.4, -0.2) is 18.2 Å². The van der Waals surface area contributed by atoms with Crippen molar-refractivity contribution in [1.82, 2.24) is 9.78 Å². The number of benzene rings is 1. The molecule has 0 spiro atoms. The van der Waals surface area contributed by atoms with E-state index in [2.05, 4.69) is 41.7 Å². The molecule has 5 nitrogen and oxygen atoms in total. The fourth-order valence-corrected chi connectivity index (χ4v) is 4.73. The summed E-state index contributed by atoms with van der Waals surface area (Å²) in [6.45, 7) is 3.58. The lowest BCUT2D eigenvalue weighted by Crippen LogP contribution is -2.14. The Labute approximate surface area is 134 Å². The molecule has 0 radical (unpaired) electrons. The van der Waals surface area contributed by atoms with Gasteiger partial charge in [-0.2, -0.15) is 5.10 Å². The van der Waals surface area contributed by atoms with Crippen molar-refractivity contribution in [3.05, 3.63) is 38.5 Å². The summed E-state index contributed by atoms with van der Waals surface area (Å²) >= 11 is 6.57. The molecular formula is C12H13Br2N3O2S. The van der Waals surface area contributed by atoms with Crippen molar-refractivity contribution >= 4 is 47.6 Å². The predicted molar refractivity (Wildman–Crippen MR) is 85.3 cm³/mol. The Morgan fingerprint density at radius 3 is 2.40 bits per heavy atom. The number of halogens is 2. The number of nitrogens with one attached hydrogen (secondary N) is 1. The average molecular weight is 423 g/mol. The van der Waals surface area contributed by atoms with Crippen LogP contribution < -0.4 is 4.72 Å². The normalized spacial score (nSPS) is 11.7. The highest BCUT2D eigenvalue weighted by Crippen LogP contribution is 2.29. The number of aromatic nitrogens is 2. The van der Waals surface area contributed by atoms with Crippen LogP contribution in [0.15, 0.2) is 32.0 Å². The number of aryl methyl sites for hydroxylation is 2. The molecule has 8 heteroatoms. The molecule has 0 fully saturated rings. The number of sulfonamides is 1. The van der Waals surface area contributed by atoms with E-state index in [9.17, 15) is 8.42 Å². The molecule has 0 aliphatic carbocycles. The molecule has 0 aliphatic heterocycles. The fraction of sp³-hybridized carbons (Fsp3) is 0.250. The van der Waals surface area contributed by atoms with E-state index in [4.69, 9.17) is 0 Å². The molecule has 0 saturated carbocycles. The largest absolute Gasteiger partial charge is 0.276 e. The second kappa shape index (κ2) is 5.50. The van der Waals surface area contributed by atoms with Crippen LogP contribution in [0.1, 0.15) is 11.4 Å². The minimum absolute atomic E-state index is 0.184. The van der Waals surface area contributed by atoms with Crippen molar-refractivity contribution in [3.63, 3.8) is 0 Å². The van der Waals surface area contributed by atoms with Crippen molar-refractivity contribution < 1.29 is 8.42 Å². The second-order valence-electron chi connectivity index (χ2n) is 4.35. The Morgan fingerprint density at radius 2 is 1.90 bits per heavy atom. The zero-order valence-electron chi connectivity index (χ0n) is 11.1. The van der Waals surface area contributed by atoms with Gasteiger partial charge in [-0.05, 0) is 48.0 Å². The Kier molecular flexibility index (Phi) is 4.27. The summed E-state index contributed by atoms with van der Waals surface area (Å²) in [5.74, 6) is 0. The second-order valence-corrected chi connectivity index (χ2v) is 7.77. The molecule has 0 amide bonds. The third-order valence-corrected chi connectivity index (χ3v) is 5.75. The van der Waals surface area contributed by atoms with Gasteiger partial charge in [-0.25, -0.2) is 8.42 Å². The Hall–Kier alpha value is -0.860. The minimum atomic E-state index is -3.66. The van der Waals surface area contributed by atoms with Crippen LogP contribution in [0.25, 0.3) is 0 Å². The molecule has 2 rings (SSSR count). The standard InChI is InChI=1S/C12H13Br2N3O2S/c1-7-12(8(2)17(3)15-7)16-20(18,19)11-5-4-9(13)6-10(11)14/h4-6,16H,1-3H3. The van der Waals surface area contributed by atoms with Gasteiger partial charge in [-0.3, -0.25) is 9.40 Å². The molecule has 0 unspecified atom stereocenters. The summed E-state index contributed by atoms with van der Waals surface area (Å²) in [7, 11) is -1.89. The molecule has 1 N–H and O–H groups in total. The maximum absolute atomic E-state index is 12.5. The molecular weight excluding hydrogens is 410 g/mol. The maximum atomic E-state index is 12.5. The van der Waals surface area contributed by atoms with Gasteiger partial charge in [-0.15, -0.1) is 0 Å². The molecule has 108 valence electrons. The number of hydrogen-bond acceptors (Lipinski definition) is 3. The van der Waals surface area contributed by atoms with E-state index in [0.717, 1.165) is 10.2 Å². The summed E-state index contributed by atoms with van der Waals surface area (Å²) in [5, 5.41) is 4.20. The van der Waals surface area contributed by atoms with Crippen LogP contribution in [0.2, 0.25) is 0 Å². The maximum Gasteiger partial charge on any atom is 0.263 e. The third kappa shape index (κ3) is 2.91. The van der Waals surface area contributed by atoms with Gasteiger partial charge in [-0.1, -0.05) is 15.9 Å². The van der Waals surface area contributed by atoms with E-state index >= 15 is 0 Å². The lowest BCUT2D eigenvalue weighted by molar-refractivity contribution is 0.600. The number of anilines is 1. The zero-order valence-corrected chi connectivity index (χ0v) is 15.1. The first kappa shape index (κ1) is 15.5. The van der Waals surface area contributed by atoms with Crippen molar-refractivity contribution in [2.45, 2.75) is 18.7 Å². The van der Waals surface area contributed by atoms with Crippen LogP contribution in [0.5, 0.6) is 0 Å². The highest BCUT2D eigenvalue weighted by Gasteiger charge is 2.21. The van der Waals surface area contributed by atoms with Gasteiger partial charge in [0.1, 0.15) is 4.90 Å². The van der Waals surface area contributed by atoms with Gasteiger partial charge in [0, 0.05) is 16.0 Å². The molecule has 1 aromatic heterocycles. The summed E-state index contributed by atoms with van der Waals surface area (Å²) in [6, 6.07) is 4.91. The van der Waals surface area contributed by atoms with Crippen LogP contribution in [0.3, 0.4) is 0 Å². The number of nitrogens with zero attached hydrogens (tertiary/aromatic N) is 2. The SMILES string of the molecule is Cc1nn(C)c(C)c1NS(=O)(=O)c1ccc(Br)cc1Br. The van der Waals surface area contributed by atoms with E-state index in [1.54, 1.807) is 30.8 Å². The molecule has 0 aliphatic rings. The van der Waals surface area contributed by atoms with Gasteiger partial charge < -0.3 is 0 Å². The molecule has 1 heterocycles. The summed E-state index contributed by atoms with van der Waals surface area (Å²) in [4.78, 5) is 0.184. The average Bonchev–Trinajstić information content (AvgIpc) is 2.55. The highest BCUT2D eigenvalue weighted by molar-refractivity contribution is 9.11. The van der Waals surface area contributed by atoms with Gasteiger partial charge >= 0.3 is 0 Å². The molecule has 1 aromatic carbocycles. The van der Waals surface area contributed by atoms with Gasteiger partial charge in [0.2, 0.25) is 0 Å². The molecule has 0 saturated heterocycles. The lowest BCUT2D eigenvalue weighted by atomic mass is 10.3. The summed E-state index contributed by atoms with van der Waals surface area (Å²) in [5.41, 5.74) is 1.92. The summed E-state index contributed by atoms with van der Waals surface area (Å²) < 4.78 is 30.4. The van der Waals surface area contributed by atoms with Gasteiger partial charge in [0.05, 0.1) is 17.1 Å². The zero-order chi connectivity index (χ0) is 15.1. The van der Waals surface area contributed by atoms with E-state index < -0.39 is 10.0 Å². The first-order valence-electron chi connectivity index (χ1n) is 5.70. The van der Waals surface area contributed by atoms with Crippen LogP contribution in [-0.2, 0) is 17.1 Å². The third-order valence-electron chi connectivity index (χ3n) is 2.93. The molecule has 0 atom stereocenters. The van der Waals surface area contributed by atoms with Crippen LogP contribution in [0.4, 0.5) is 5.69 Å². The van der Waals surface area contributed by atoms with E-state index in [-0.39, 0.29) is 4.90 Å². The van der Waals surface area contributed by atoms with Crippen molar-refractivity contribution in [1.29, 1.82) is 0 Å². The quantitative estimate of drug-likeness (QED) is 0.824. The first-order valence-corrected chi connectivity index (χ1v) is 8.77. The summed E-state index contributed by atoms with van der Waals surface area (Å²) in [6.07, 6.45) is 0. The Bertz CT molecular complexity index is 769. The predicted octanol–water partition coefficient (Wildman–Crippen LogP) is 3.36. The van der Waals surface area contributed by atoms with E-state index in [0.29, 0.717) is 15.9 Å². The van der Waals surface area contributed by atoms with Crippen LogP contribution >= 0.6 is 31.9 Å². The van der Waals surface area contributed by atoms with E-state index in [1.807, 2.05) is 6.92 Å². The minimum Gasteiger partial charge on any atom is -0.276 e. The van der Waals surface area contributed by atoms with E-state index in [1.165, 1.54) is 6.07 Å². The Morgan fingerprint density at radius 1 is 1.25 bits per heavy atom. The van der Waals surface area contributed by atoms with Crippen molar-refractivity contribution in [3.8, 4) is 0 Å². The van der Waals surface area contributed by atoms with Crippen molar-refractivity contribution in [2.24, 2.45) is 7.05 Å². The highest BCUT2D eigenvalue weighted by atomic mass is 79.9. The Balaban J connectivity index is 2.46. The monoisotopic (exact) mass is 421 g/mol. The van der Waals surface area contributed by atoms with Crippen LogP contribution in [0, 0.1) is 13.8 Å². The number of rotatable bonds is 3. The topological polar surface area (TPSA) is 64.0 Å². The van der Waals surface area contributed by atoms with Gasteiger partial charge in [0.25, 0.3) is 10.0 Å². The fourth-order valence-electron chi connectivity index (χ4n) is 1.80.